The van der Waals surface area contributed by atoms with Crippen LogP contribution in [0.4, 0.5) is 10.6 Å². The summed E-state index contributed by atoms with van der Waals surface area (Å²) in [6.07, 6.45) is 1.13. The van der Waals surface area contributed by atoms with Crippen LogP contribution in [-0.2, 0) is 4.74 Å². The van der Waals surface area contributed by atoms with E-state index in [2.05, 4.69) is 4.98 Å². The largest absolute Gasteiger partial charge is 0.493 e. The number of aromatic nitrogens is 1. The van der Waals surface area contributed by atoms with Gasteiger partial charge in [0.25, 0.3) is 0 Å². The fraction of sp³-hybridized carbons (Fsp3) is 0.500. The number of pyridine rings is 1. The van der Waals surface area contributed by atoms with Crippen molar-refractivity contribution in [3.05, 3.63) is 18.3 Å². The van der Waals surface area contributed by atoms with E-state index in [0.29, 0.717) is 11.6 Å². The van der Waals surface area contributed by atoms with E-state index in [9.17, 15) is 4.79 Å². The van der Waals surface area contributed by atoms with Crippen molar-refractivity contribution in [3.63, 3.8) is 0 Å². The monoisotopic (exact) mass is 238 g/mol. The van der Waals surface area contributed by atoms with Crippen molar-refractivity contribution in [1.29, 1.82) is 0 Å². The first-order valence-corrected chi connectivity index (χ1v) is 5.31. The topological polar surface area (TPSA) is 51.7 Å². The number of anilines is 1. The van der Waals surface area contributed by atoms with Gasteiger partial charge in [-0.05, 0) is 32.9 Å². The van der Waals surface area contributed by atoms with Crippen molar-refractivity contribution in [1.82, 2.24) is 4.98 Å². The number of carbonyl (C=O) groups excluding carboxylic acids is 1. The van der Waals surface area contributed by atoms with Crippen molar-refractivity contribution >= 4 is 11.9 Å². The molecule has 5 nitrogen and oxygen atoms in total. The van der Waals surface area contributed by atoms with E-state index in [1.807, 2.05) is 20.8 Å². The van der Waals surface area contributed by atoms with Gasteiger partial charge in [0.1, 0.15) is 5.60 Å². The molecule has 0 aliphatic rings. The van der Waals surface area contributed by atoms with Gasteiger partial charge in [-0.2, -0.15) is 0 Å². The average molecular weight is 238 g/mol. The number of hydrogen-bond acceptors (Lipinski definition) is 4. The third kappa shape index (κ3) is 3.62. The summed E-state index contributed by atoms with van der Waals surface area (Å²) in [5, 5.41) is 0. The summed E-state index contributed by atoms with van der Waals surface area (Å²) in [6.45, 7) is 5.44. The van der Waals surface area contributed by atoms with Gasteiger partial charge in [0.05, 0.1) is 7.11 Å². The number of amides is 1. The maximum atomic E-state index is 11.8. The molecule has 17 heavy (non-hydrogen) atoms. The summed E-state index contributed by atoms with van der Waals surface area (Å²) >= 11 is 0. The molecule has 0 aliphatic carbocycles. The van der Waals surface area contributed by atoms with Crippen LogP contribution in [0.1, 0.15) is 20.8 Å². The van der Waals surface area contributed by atoms with E-state index in [1.165, 1.54) is 12.0 Å². The molecule has 0 unspecified atom stereocenters. The predicted octanol–water partition coefficient (Wildman–Crippen LogP) is 2.46. The molecule has 0 aliphatic heterocycles. The summed E-state index contributed by atoms with van der Waals surface area (Å²) in [5.41, 5.74) is -0.534. The number of rotatable bonds is 2. The number of carbonyl (C=O) groups is 1. The second-order valence-electron chi connectivity index (χ2n) is 4.57. The normalized spacial score (nSPS) is 10.9. The highest BCUT2D eigenvalue weighted by atomic mass is 16.6. The van der Waals surface area contributed by atoms with Crippen LogP contribution in [0.5, 0.6) is 5.75 Å². The van der Waals surface area contributed by atoms with E-state index in [1.54, 1.807) is 25.4 Å². The van der Waals surface area contributed by atoms with E-state index in [0.717, 1.165) is 0 Å². The Kier molecular flexibility index (Phi) is 3.93. The molecule has 0 atom stereocenters. The Morgan fingerprint density at radius 3 is 2.59 bits per heavy atom. The fourth-order valence-corrected chi connectivity index (χ4v) is 1.21. The maximum absolute atomic E-state index is 11.8. The average Bonchev–Trinajstić information content (AvgIpc) is 2.25. The molecule has 0 spiro atoms. The highest BCUT2D eigenvalue weighted by molar-refractivity contribution is 5.87. The van der Waals surface area contributed by atoms with Crippen LogP contribution < -0.4 is 9.64 Å². The highest BCUT2D eigenvalue weighted by Gasteiger charge is 2.23. The maximum Gasteiger partial charge on any atom is 0.415 e. The van der Waals surface area contributed by atoms with Gasteiger partial charge in [-0.1, -0.05) is 0 Å². The summed E-state index contributed by atoms with van der Waals surface area (Å²) in [7, 11) is 3.13. The molecule has 1 amide bonds. The van der Waals surface area contributed by atoms with E-state index in [-0.39, 0.29) is 0 Å². The van der Waals surface area contributed by atoms with Crippen LogP contribution in [0.3, 0.4) is 0 Å². The van der Waals surface area contributed by atoms with E-state index >= 15 is 0 Å². The van der Waals surface area contributed by atoms with Crippen LogP contribution in [0.2, 0.25) is 0 Å². The molecule has 0 radical (unpaired) electrons. The molecule has 1 aromatic heterocycles. The number of ether oxygens (including phenoxy) is 2. The molecule has 1 aromatic rings. The molecular weight excluding hydrogens is 220 g/mol. The third-order valence-corrected chi connectivity index (χ3v) is 1.96. The lowest BCUT2D eigenvalue weighted by Crippen LogP contribution is -2.34. The molecule has 1 heterocycles. The van der Waals surface area contributed by atoms with Gasteiger partial charge in [-0.25, -0.2) is 9.78 Å². The quantitative estimate of drug-likeness (QED) is 0.794. The van der Waals surface area contributed by atoms with E-state index in [4.69, 9.17) is 9.47 Å². The smallest absolute Gasteiger partial charge is 0.415 e. The minimum Gasteiger partial charge on any atom is -0.493 e. The number of methoxy groups -OCH3 is 1. The van der Waals surface area contributed by atoms with Gasteiger partial charge in [0, 0.05) is 13.2 Å². The molecule has 0 saturated carbocycles. The Balaban J connectivity index is 2.89. The minimum atomic E-state index is -0.534. The number of hydrogen-bond donors (Lipinski definition) is 0. The second kappa shape index (κ2) is 5.03. The zero-order chi connectivity index (χ0) is 13.1. The third-order valence-electron chi connectivity index (χ3n) is 1.96. The van der Waals surface area contributed by atoms with Gasteiger partial charge in [0.2, 0.25) is 0 Å². The molecule has 0 aromatic carbocycles. The SMILES string of the molecule is COc1cccnc1N(C)C(=O)OC(C)(C)C. The molecule has 0 bridgehead atoms. The van der Waals surface area contributed by atoms with Gasteiger partial charge in [-0.15, -0.1) is 0 Å². The van der Waals surface area contributed by atoms with Crippen LogP contribution in [-0.4, -0.2) is 30.8 Å². The summed E-state index contributed by atoms with van der Waals surface area (Å²) in [4.78, 5) is 17.3. The Labute approximate surface area is 101 Å². The van der Waals surface area contributed by atoms with Gasteiger partial charge >= 0.3 is 6.09 Å². The number of nitrogens with zero attached hydrogens (tertiary/aromatic N) is 2. The second-order valence-corrected chi connectivity index (χ2v) is 4.57. The Bertz CT molecular complexity index is 399. The summed E-state index contributed by atoms with van der Waals surface area (Å²) < 4.78 is 10.4. The first-order chi connectivity index (χ1) is 7.85. The lowest BCUT2D eigenvalue weighted by molar-refractivity contribution is 0.0587. The van der Waals surface area contributed by atoms with Gasteiger partial charge in [0.15, 0.2) is 11.6 Å². The molecule has 0 N–H and O–H groups in total. The lowest BCUT2D eigenvalue weighted by Gasteiger charge is -2.24. The fourth-order valence-electron chi connectivity index (χ4n) is 1.21. The van der Waals surface area contributed by atoms with Gasteiger partial charge < -0.3 is 9.47 Å². The standard InChI is InChI=1S/C12H18N2O3/c1-12(2,3)17-11(15)14(4)10-9(16-5)7-6-8-13-10/h6-8H,1-5H3. The van der Waals surface area contributed by atoms with Crippen molar-refractivity contribution < 1.29 is 14.3 Å². The molecule has 0 fully saturated rings. The molecular formula is C12H18N2O3. The van der Waals surface area contributed by atoms with Crippen molar-refractivity contribution in [2.75, 3.05) is 19.1 Å². The first-order valence-electron chi connectivity index (χ1n) is 5.31. The molecule has 0 saturated heterocycles. The van der Waals surface area contributed by atoms with Crippen molar-refractivity contribution in [2.24, 2.45) is 0 Å². The first kappa shape index (κ1) is 13.3. The minimum absolute atomic E-state index is 0.434. The molecule has 94 valence electrons. The van der Waals surface area contributed by atoms with Crippen LogP contribution in [0, 0.1) is 0 Å². The molecule has 1 rings (SSSR count). The highest BCUT2D eigenvalue weighted by Crippen LogP contribution is 2.24. The zero-order valence-electron chi connectivity index (χ0n) is 10.9. The van der Waals surface area contributed by atoms with Gasteiger partial charge in [-0.3, -0.25) is 4.90 Å². The van der Waals surface area contributed by atoms with Crippen LogP contribution in [0.15, 0.2) is 18.3 Å². The molecule has 5 heteroatoms. The lowest BCUT2D eigenvalue weighted by atomic mass is 10.2. The Morgan fingerprint density at radius 1 is 1.41 bits per heavy atom. The zero-order valence-corrected chi connectivity index (χ0v) is 10.9. The Hall–Kier alpha value is -1.78. The summed E-state index contributed by atoms with van der Waals surface area (Å²) in [6, 6.07) is 3.48. The summed E-state index contributed by atoms with van der Waals surface area (Å²) in [5.74, 6) is 0.963. The van der Waals surface area contributed by atoms with E-state index < -0.39 is 11.7 Å². The van der Waals surface area contributed by atoms with Crippen molar-refractivity contribution in [3.8, 4) is 5.75 Å². The van der Waals surface area contributed by atoms with Crippen LogP contribution in [0.25, 0.3) is 0 Å². The van der Waals surface area contributed by atoms with Crippen LogP contribution >= 0.6 is 0 Å². The van der Waals surface area contributed by atoms with Crippen molar-refractivity contribution in [2.45, 2.75) is 26.4 Å². The predicted molar refractivity (Wildman–Crippen MR) is 65.4 cm³/mol. The Morgan fingerprint density at radius 2 is 2.06 bits per heavy atom.